The van der Waals surface area contributed by atoms with Crippen LogP contribution in [0.1, 0.15) is 33.6 Å². The van der Waals surface area contributed by atoms with E-state index in [4.69, 9.17) is 4.74 Å². The Morgan fingerprint density at radius 3 is 2.65 bits per heavy atom. The van der Waals surface area contributed by atoms with E-state index in [0.29, 0.717) is 32.0 Å². The molecule has 2 unspecified atom stereocenters. The van der Waals surface area contributed by atoms with E-state index in [1.54, 1.807) is 7.05 Å². The number of urea groups is 1. The molecule has 1 N–H and O–H groups in total. The predicted molar refractivity (Wildman–Crippen MR) is 75.6 cm³/mol. The Hall–Kier alpha value is -1.30. The van der Waals surface area contributed by atoms with Crippen molar-refractivity contribution in [1.82, 2.24) is 9.80 Å². The van der Waals surface area contributed by atoms with Crippen LogP contribution in [0, 0.1) is 5.92 Å². The third kappa shape index (κ3) is 4.67. The molecule has 20 heavy (non-hydrogen) atoms. The van der Waals surface area contributed by atoms with Crippen molar-refractivity contribution in [3.63, 3.8) is 0 Å². The second kappa shape index (κ2) is 7.47. The minimum absolute atomic E-state index is 0.126. The maximum Gasteiger partial charge on any atom is 0.326 e. The maximum absolute atomic E-state index is 12.3. The van der Waals surface area contributed by atoms with E-state index in [1.165, 1.54) is 9.80 Å². The summed E-state index contributed by atoms with van der Waals surface area (Å²) in [5, 5.41) is 9.27. The number of amides is 2. The summed E-state index contributed by atoms with van der Waals surface area (Å²) in [6.45, 7) is 7.34. The molecule has 0 aromatic carbocycles. The lowest BCUT2D eigenvalue weighted by molar-refractivity contribution is -0.144. The fraction of sp³-hybridized carbons (Fsp3) is 0.857. The van der Waals surface area contributed by atoms with Crippen LogP contribution < -0.4 is 0 Å². The fourth-order valence-electron chi connectivity index (χ4n) is 2.34. The minimum Gasteiger partial charge on any atom is -0.480 e. The first kappa shape index (κ1) is 16.8. The number of rotatable bonds is 5. The molecule has 6 heteroatoms. The molecule has 2 atom stereocenters. The highest BCUT2D eigenvalue weighted by atomic mass is 16.5. The number of carbonyl (C=O) groups excluding carboxylic acids is 1. The number of carboxylic acids is 1. The van der Waals surface area contributed by atoms with Gasteiger partial charge in [0.25, 0.3) is 0 Å². The number of carboxylic acid groups (broad SMARTS) is 1. The monoisotopic (exact) mass is 286 g/mol. The number of nitrogens with zero attached hydrogens (tertiary/aromatic N) is 2. The topological polar surface area (TPSA) is 70.1 Å². The average molecular weight is 286 g/mol. The van der Waals surface area contributed by atoms with E-state index in [2.05, 4.69) is 0 Å². The fourth-order valence-corrected chi connectivity index (χ4v) is 2.34. The van der Waals surface area contributed by atoms with Crippen molar-refractivity contribution in [2.75, 3.05) is 26.7 Å². The summed E-state index contributed by atoms with van der Waals surface area (Å²) in [5.74, 6) is -0.577. The lowest BCUT2D eigenvalue weighted by Gasteiger charge is -2.38. The molecule has 0 aliphatic carbocycles. The summed E-state index contributed by atoms with van der Waals surface area (Å²) >= 11 is 0. The molecule has 1 aliphatic rings. The molecule has 0 aromatic heterocycles. The highest BCUT2D eigenvalue weighted by Gasteiger charge is 2.35. The quantitative estimate of drug-likeness (QED) is 0.834. The summed E-state index contributed by atoms with van der Waals surface area (Å²) in [6, 6.07) is -0.934. The van der Waals surface area contributed by atoms with Gasteiger partial charge < -0.3 is 19.6 Å². The van der Waals surface area contributed by atoms with Crippen molar-refractivity contribution < 1.29 is 19.4 Å². The van der Waals surface area contributed by atoms with E-state index in [-0.39, 0.29) is 12.1 Å². The molecular formula is C14H26N2O4. The van der Waals surface area contributed by atoms with Crippen LogP contribution in [0.15, 0.2) is 0 Å². The van der Waals surface area contributed by atoms with E-state index < -0.39 is 12.0 Å². The van der Waals surface area contributed by atoms with Gasteiger partial charge in [0.05, 0.1) is 12.7 Å². The largest absolute Gasteiger partial charge is 0.480 e. The molecule has 0 saturated carbocycles. The number of likely N-dealkylation sites (tertiary alicyclic amines) is 1. The Morgan fingerprint density at radius 1 is 1.45 bits per heavy atom. The minimum atomic E-state index is -0.920. The normalized spacial score (nSPS) is 22.9. The molecule has 0 radical (unpaired) electrons. The van der Waals surface area contributed by atoms with Gasteiger partial charge in [0.15, 0.2) is 0 Å². The SMILES string of the molecule is CC1CCN(C(=O)N(C)CCOC(C)C)C(C(=O)O)C1. The summed E-state index contributed by atoms with van der Waals surface area (Å²) in [4.78, 5) is 26.6. The Labute approximate surface area is 120 Å². The van der Waals surface area contributed by atoms with Crippen molar-refractivity contribution >= 4 is 12.0 Å². The Morgan fingerprint density at radius 2 is 2.10 bits per heavy atom. The number of piperidine rings is 1. The second-order valence-corrected chi connectivity index (χ2v) is 5.80. The van der Waals surface area contributed by atoms with Crippen molar-refractivity contribution in [3.05, 3.63) is 0 Å². The van der Waals surface area contributed by atoms with Crippen LogP contribution in [0.2, 0.25) is 0 Å². The van der Waals surface area contributed by atoms with Crippen molar-refractivity contribution in [2.45, 2.75) is 45.8 Å². The number of hydrogen-bond acceptors (Lipinski definition) is 3. The number of aliphatic carboxylic acids is 1. The average Bonchev–Trinajstić information content (AvgIpc) is 2.37. The lowest BCUT2D eigenvalue weighted by atomic mass is 9.93. The molecule has 2 amide bonds. The van der Waals surface area contributed by atoms with Gasteiger partial charge in [0, 0.05) is 20.1 Å². The summed E-state index contributed by atoms with van der Waals surface area (Å²) in [7, 11) is 1.68. The van der Waals surface area contributed by atoms with Crippen LogP contribution in [0.5, 0.6) is 0 Å². The summed E-state index contributed by atoms with van der Waals surface area (Å²) in [6.07, 6.45) is 1.50. The Kier molecular flexibility index (Phi) is 6.26. The van der Waals surface area contributed by atoms with Gasteiger partial charge in [-0.2, -0.15) is 0 Å². The Bertz CT molecular complexity index is 346. The number of carbonyl (C=O) groups is 2. The van der Waals surface area contributed by atoms with Gasteiger partial charge in [0.2, 0.25) is 0 Å². The van der Waals surface area contributed by atoms with Crippen molar-refractivity contribution in [1.29, 1.82) is 0 Å². The van der Waals surface area contributed by atoms with Gasteiger partial charge in [-0.1, -0.05) is 6.92 Å². The first-order valence-corrected chi connectivity index (χ1v) is 7.19. The van der Waals surface area contributed by atoms with E-state index in [1.807, 2.05) is 20.8 Å². The molecule has 1 saturated heterocycles. The Balaban J connectivity index is 2.57. The smallest absolute Gasteiger partial charge is 0.326 e. The third-order valence-electron chi connectivity index (χ3n) is 3.60. The third-order valence-corrected chi connectivity index (χ3v) is 3.60. The van der Waals surface area contributed by atoms with Gasteiger partial charge >= 0.3 is 12.0 Å². The molecule has 0 aromatic rings. The first-order valence-electron chi connectivity index (χ1n) is 7.19. The van der Waals surface area contributed by atoms with Crippen LogP contribution in [0.4, 0.5) is 4.79 Å². The molecule has 116 valence electrons. The zero-order valence-corrected chi connectivity index (χ0v) is 12.8. The van der Waals surface area contributed by atoms with Crippen LogP contribution in [0.3, 0.4) is 0 Å². The van der Waals surface area contributed by atoms with Gasteiger partial charge in [0.1, 0.15) is 6.04 Å². The zero-order valence-electron chi connectivity index (χ0n) is 12.8. The van der Waals surface area contributed by atoms with Crippen molar-refractivity contribution in [2.24, 2.45) is 5.92 Å². The van der Waals surface area contributed by atoms with Gasteiger partial charge in [-0.25, -0.2) is 9.59 Å². The number of likely N-dealkylation sites (N-methyl/N-ethyl adjacent to an activating group) is 1. The number of hydrogen-bond donors (Lipinski definition) is 1. The van der Waals surface area contributed by atoms with Gasteiger partial charge in [-0.3, -0.25) is 0 Å². The first-order chi connectivity index (χ1) is 9.32. The van der Waals surface area contributed by atoms with Gasteiger partial charge in [-0.15, -0.1) is 0 Å². The van der Waals surface area contributed by atoms with Crippen LogP contribution >= 0.6 is 0 Å². The van der Waals surface area contributed by atoms with Crippen LogP contribution in [-0.2, 0) is 9.53 Å². The molecule has 6 nitrogen and oxygen atoms in total. The molecule has 1 heterocycles. The van der Waals surface area contributed by atoms with E-state index >= 15 is 0 Å². The van der Waals surface area contributed by atoms with Gasteiger partial charge in [-0.05, 0) is 32.6 Å². The summed E-state index contributed by atoms with van der Waals surface area (Å²) < 4.78 is 5.41. The van der Waals surface area contributed by atoms with Crippen LogP contribution in [-0.4, -0.2) is 65.8 Å². The molecule has 1 rings (SSSR count). The van der Waals surface area contributed by atoms with E-state index in [9.17, 15) is 14.7 Å². The van der Waals surface area contributed by atoms with Crippen molar-refractivity contribution in [3.8, 4) is 0 Å². The summed E-state index contributed by atoms with van der Waals surface area (Å²) in [5.41, 5.74) is 0. The second-order valence-electron chi connectivity index (χ2n) is 5.80. The highest BCUT2D eigenvalue weighted by molar-refractivity contribution is 5.82. The highest BCUT2D eigenvalue weighted by Crippen LogP contribution is 2.23. The van der Waals surface area contributed by atoms with Crippen LogP contribution in [0.25, 0.3) is 0 Å². The molecule has 1 fully saturated rings. The molecule has 0 spiro atoms. The predicted octanol–water partition coefficient (Wildman–Crippen LogP) is 1.65. The lowest BCUT2D eigenvalue weighted by Crippen LogP contribution is -2.54. The maximum atomic E-state index is 12.3. The molecule has 0 bridgehead atoms. The van der Waals surface area contributed by atoms with E-state index in [0.717, 1.165) is 6.42 Å². The standard InChI is InChI=1S/C14H26N2O4/c1-10(2)20-8-7-15(4)14(19)16-6-5-11(3)9-12(16)13(17)18/h10-12H,5-9H2,1-4H3,(H,17,18). The zero-order chi connectivity index (χ0) is 15.3. The molecular weight excluding hydrogens is 260 g/mol. The number of ether oxygens (including phenoxy) is 1. The molecule has 1 aliphatic heterocycles.